The predicted octanol–water partition coefficient (Wildman–Crippen LogP) is 1.46. The molecule has 0 spiro atoms. The van der Waals surface area contributed by atoms with Crippen LogP contribution in [0.5, 0.6) is 0 Å². The molecule has 1 aliphatic rings. The van der Waals surface area contributed by atoms with E-state index < -0.39 is 5.97 Å². The first-order valence-corrected chi connectivity index (χ1v) is 5.75. The van der Waals surface area contributed by atoms with E-state index in [0.717, 1.165) is 18.5 Å². The van der Waals surface area contributed by atoms with Gasteiger partial charge in [0.05, 0.1) is 0 Å². The van der Waals surface area contributed by atoms with Crippen molar-refractivity contribution < 1.29 is 9.90 Å². The second-order valence-corrected chi connectivity index (χ2v) is 4.11. The molecule has 6 heteroatoms. The third-order valence-electron chi connectivity index (χ3n) is 2.97. The van der Waals surface area contributed by atoms with Gasteiger partial charge in [-0.1, -0.05) is 0 Å². The summed E-state index contributed by atoms with van der Waals surface area (Å²) in [4.78, 5) is 19.7. The summed E-state index contributed by atoms with van der Waals surface area (Å²) in [5.74, 6) is -0.324. The summed E-state index contributed by atoms with van der Waals surface area (Å²) >= 11 is 0. The fourth-order valence-electron chi connectivity index (χ4n) is 2.17. The van der Waals surface area contributed by atoms with Crippen LogP contribution in [0.4, 0.5) is 5.95 Å². The maximum Gasteiger partial charge on any atom is 0.354 e. The lowest BCUT2D eigenvalue weighted by atomic mass is 10.1. The Morgan fingerprint density at radius 2 is 2.17 bits per heavy atom. The molecule has 0 fully saturated rings. The van der Waals surface area contributed by atoms with Crippen molar-refractivity contribution in [1.82, 2.24) is 14.5 Å². The van der Waals surface area contributed by atoms with Crippen molar-refractivity contribution in [2.75, 3.05) is 11.9 Å². The van der Waals surface area contributed by atoms with Gasteiger partial charge in [-0.3, -0.25) is 4.98 Å². The van der Waals surface area contributed by atoms with Crippen LogP contribution >= 0.6 is 0 Å². The number of pyridine rings is 1. The molecule has 0 atom stereocenters. The number of carbonyl (C=O) groups is 1. The Labute approximate surface area is 103 Å². The van der Waals surface area contributed by atoms with Gasteiger partial charge in [0.15, 0.2) is 5.69 Å². The minimum Gasteiger partial charge on any atom is -0.477 e. The highest BCUT2D eigenvalue weighted by Crippen LogP contribution is 2.28. The van der Waals surface area contributed by atoms with E-state index in [0.29, 0.717) is 18.2 Å². The van der Waals surface area contributed by atoms with Crippen molar-refractivity contribution in [3.63, 3.8) is 0 Å². The number of hydrogen-bond donors (Lipinski definition) is 2. The van der Waals surface area contributed by atoms with E-state index in [1.165, 1.54) is 0 Å². The molecule has 0 amide bonds. The number of carboxylic acids is 1. The third-order valence-corrected chi connectivity index (χ3v) is 2.97. The van der Waals surface area contributed by atoms with Gasteiger partial charge in [-0.25, -0.2) is 9.78 Å². The molecular weight excluding hydrogens is 232 g/mol. The Hall–Kier alpha value is -2.37. The Morgan fingerprint density at radius 3 is 2.89 bits per heavy atom. The lowest BCUT2D eigenvalue weighted by Gasteiger charge is -2.16. The van der Waals surface area contributed by atoms with Gasteiger partial charge in [-0.15, -0.1) is 0 Å². The molecule has 2 aromatic rings. The molecule has 0 saturated heterocycles. The van der Waals surface area contributed by atoms with E-state index in [2.05, 4.69) is 15.3 Å². The van der Waals surface area contributed by atoms with E-state index in [1.807, 2.05) is 0 Å². The first-order valence-electron chi connectivity index (χ1n) is 5.75. The summed E-state index contributed by atoms with van der Waals surface area (Å²) in [6.45, 7) is 1.51. The first-order chi connectivity index (χ1) is 8.77. The van der Waals surface area contributed by atoms with Gasteiger partial charge in [0.1, 0.15) is 5.69 Å². The van der Waals surface area contributed by atoms with Crippen molar-refractivity contribution in [3.8, 4) is 11.3 Å². The van der Waals surface area contributed by atoms with Gasteiger partial charge in [0.25, 0.3) is 0 Å². The zero-order valence-corrected chi connectivity index (χ0v) is 9.63. The molecule has 0 bridgehead atoms. The number of hydrogen-bond acceptors (Lipinski definition) is 4. The monoisotopic (exact) mass is 244 g/mol. The first kappa shape index (κ1) is 10.8. The Morgan fingerprint density at radius 1 is 1.39 bits per heavy atom. The smallest absolute Gasteiger partial charge is 0.354 e. The predicted molar refractivity (Wildman–Crippen MR) is 65.5 cm³/mol. The van der Waals surface area contributed by atoms with Gasteiger partial charge < -0.3 is 15.0 Å². The Bertz CT molecular complexity index is 592. The van der Waals surface area contributed by atoms with E-state index in [1.54, 1.807) is 29.1 Å². The van der Waals surface area contributed by atoms with Crippen LogP contribution in [0.1, 0.15) is 16.9 Å². The molecule has 92 valence electrons. The molecular formula is C12H12N4O2. The summed E-state index contributed by atoms with van der Waals surface area (Å²) in [6.07, 6.45) is 4.17. The van der Waals surface area contributed by atoms with Crippen LogP contribution in [-0.4, -0.2) is 32.2 Å². The maximum absolute atomic E-state index is 11.4. The Kier molecular flexibility index (Phi) is 2.47. The normalized spacial score (nSPS) is 13.8. The molecule has 6 nitrogen and oxygen atoms in total. The van der Waals surface area contributed by atoms with Crippen LogP contribution in [0.15, 0.2) is 24.5 Å². The minimum absolute atomic E-state index is 0.239. The number of nitrogens with one attached hydrogen (secondary N) is 1. The second kappa shape index (κ2) is 4.14. The number of fused-ring (bicyclic) bond motifs is 1. The number of anilines is 1. The lowest BCUT2D eigenvalue weighted by molar-refractivity contribution is 0.0686. The Balaban J connectivity index is 2.20. The number of nitrogens with zero attached hydrogens (tertiary/aromatic N) is 3. The van der Waals surface area contributed by atoms with Gasteiger partial charge in [-0.2, -0.15) is 0 Å². The fraction of sp³-hybridized carbons (Fsp3) is 0.250. The average molecular weight is 244 g/mol. The molecule has 0 unspecified atom stereocenters. The molecule has 3 heterocycles. The zero-order chi connectivity index (χ0) is 12.5. The quantitative estimate of drug-likeness (QED) is 0.836. The number of carboxylic acid groups (broad SMARTS) is 1. The molecule has 0 radical (unpaired) electrons. The molecule has 0 aromatic carbocycles. The molecule has 2 aromatic heterocycles. The summed E-state index contributed by atoms with van der Waals surface area (Å²) in [6, 6.07) is 3.53. The summed E-state index contributed by atoms with van der Waals surface area (Å²) in [5.41, 5.74) is 1.50. The number of imidazole rings is 1. The number of aromatic nitrogens is 3. The van der Waals surface area contributed by atoms with Crippen molar-refractivity contribution in [1.29, 1.82) is 0 Å². The van der Waals surface area contributed by atoms with E-state index in [4.69, 9.17) is 0 Å². The van der Waals surface area contributed by atoms with Crippen molar-refractivity contribution >= 4 is 11.9 Å². The minimum atomic E-state index is -0.954. The van der Waals surface area contributed by atoms with Gasteiger partial charge >= 0.3 is 5.97 Å². The van der Waals surface area contributed by atoms with E-state index in [-0.39, 0.29) is 5.69 Å². The van der Waals surface area contributed by atoms with Crippen molar-refractivity contribution in [2.45, 2.75) is 13.0 Å². The van der Waals surface area contributed by atoms with Crippen LogP contribution in [0.3, 0.4) is 0 Å². The third kappa shape index (κ3) is 1.62. The van der Waals surface area contributed by atoms with Crippen LogP contribution in [0.25, 0.3) is 11.3 Å². The molecule has 2 N–H and O–H groups in total. The van der Waals surface area contributed by atoms with Gasteiger partial charge in [-0.05, 0) is 18.6 Å². The fourth-order valence-corrected chi connectivity index (χ4v) is 2.17. The second-order valence-electron chi connectivity index (χ2n) is 4.11. The zero-order valence-electron chi connectivity index (χ0n) is 9.63. The summed E-state index contributed by atoms with van der Waals surface area (Å²) in [5, 5.41) is 12.5. The van der Waals surface area contributed by atoms with Crippen LogP contribution in [0.2, 0.25) is 0 Å². The SMILES string of the molecule is O=C(O)c1c(-c2ccncc2)nc2n1CCCN2. The molecule has 0 aliphatic carbocycles. The van der Waals surface area contributed by atoms with Crippen LogP contribution in [-0.2, 0) is 6.54 Å². The highest BCUT2D eigenvalue weighted by Gasteiger charge is 2.24. The van der Waals surface area contributed by atoms with Crippen LogP contribution < -0.4 is 5.32 Å². The van der Waals surface area contributed by atoms with Gasteiger partial charge in [0.2, 0.25) is 5.95 Å². The molecule has 0 saturated carbocycles. The van der Waals surface area contributed by atoms with Crippen molar-refractivity contribution in [3.05, 3.63) is 30.2 Å². The molecule has 1 aliphatic heterocycles. The summed E-state index contributed by atoms with van der Waals surface area (Å²) < 4.78 is 1.72. The highest BCUT2D eigenvalue weighted by molar-refractivity contribution is 5.94. The molecule has 3 rings (SSSR count). The number of aromatic carboxylic acids is 1. The van der Waals surface area contributed by atoms with Crippen molar-refractivity contribution in [2.24, 2.45) is 0 Å². The molecule has 18 heavy (non-hydrogen) atoms. The van der Waals surface area contributed by atoms with E-state index in [9.17, 15) is 9.90 Å². The lowest BCUT2D eigenvalue weighted by Crippen LogP contribution is -2.20. The largest absolute Gasteiger partial charge is 0.477 e. The number of rotatable bonds is 2. The highest BCUT2D eigenvalue weighted by atomic mass is 16.4. The average Bonchev–Trinajstić information content (AvgIpc) is 2.79. The van der Waals surface area contributed by atoms with E-state index >= 15 is 0 Å². The van der Waals surface area contributed by atoms with Gasteiger partial charge in [0, 0.05) is 31.0 Å². The van der Waals surface area contributed by atoms with Crippen LogP contribution in [0, 0.1) is 0 Å². The maximum atomic E-state index is 11.4. The summed E-state index contributed by atoms with van der Waals surface area (Å²) in [7, 11) is 0. The topological polar surface area (TPSA) is 80.0 Å². The standard InChI is InChI=1S/C12H12N4O2/c17-11(18)10-9(8-2-5-13-6-3-8)15-12-14-4-1-7-16(10)12/h2-3,5-6H,1,4,7H2,(H,14,15)(H,17,18).